The van der Waals surface area contributed by atoms with Crippen molar-refractivity contribution in [3.05, 3.63) is 30.9 Å². The van der Waals surface area contributed by atoms with E-state index in [-0.39, 0.29) is 5.91 Å². The summed E-state index contributed by atoms with van der Waals surface area (Å²) in [6.07, 6.45) is 5.58. The van der Waals surface area contributed by atoms with Gasteiger partial charge in [-0.3, -0.25) is 4.79 Å². The SMILES string of the molecule is CC(C)CNC(=O)CCn1cncc1-c1ccnc(N)c1. The predicted octanol–water partition coefficient (Wildman–Crippen LogP) is 1.69. The number of anilines is 1. The van der Waals surface area contributed by atoms with Crippen molar-refractivity contribution >= 4 is 11.7 Å². The molecule has 0 fully saturated rings. The molecular weight excluding hydrogens is 266 g/mol. The molecule has 2 heterocycles. The van der Waals surface area contributed by atoms with Crippen LogP contribution in [0.4, 0.5) is 5.82 Å². The molecule has 0 aliphatic carbocycles. The summed E-state index contributed by atoms with van der Waals surface area (Å²) in [4.78, 5) is 19.9. The minimum Gasteiger partial charge on any atom is -0.384 e. The van der Waals surface area contributed by atoms with Crippen molar-refractivity contribution in [1.29, 1.82) is 0 Å². The Balaban J connectivity index is 1.99. The van der Waals surface area contributed by atoms with E-state index in [2.05, 4.69) is 29.1 Å². The fraction of sp³-hybridized carbons (Fsp3) is 0.400. The summed E-state index contributed by atoms with van der Waals surface area (Å²) in [7, 11) is 0. The number of nitrogens with two attached hydrogens (primary N) is 1. The topological polar surface area (TPSA) is 85.8 Å². The summed E-state index contributed by atoms with van der Waals surface area (Å²) in [5, 5.41) is 2.91. The van der Waals surface area contributed by atoms with Gasteiger partial charge in [0.05, 0.1) is 18.2 Å². The number of amides is 1. The monoisotopic (exact) mass is 287 g/mol. The van der Waals surface area contributed by atoms with Crippen LogP contribution in [0.5, 0.6) is 0 Å². The molecule has 0 bridgehead atoms. The number of nitrogen functional groups attached to an aromatic ring is 1. The van der Waals surface area contributed by atoms with Gasteiger partial charge in [-0.1, -0.05) is 13.8 Å². The highest BCUT2D eigenvalue weighted by Gasteiger charge is 2.08. The zero-order valence-electron chi connectivity index (χ0n) is 12.4. The summed E-state index contributed by atoms with van der Waals surface area (Å²) < 4.78 is 1.95. The number of nitrogens with zero attached hydrogens (tertiary/aromatic N) is 3. The molecule has 0 aromatic carbocycles. The van der Waals surface area contributed by atoms with Crippen LogP contribution < -0.4 is 11.1 Å². The zero-order chi connectivity index (χ0) is 15.2. The van der Waals surface area contributed by atoms with Gasteiger partial charge < -0.3 is 15.6 Å². The Bertz CT molecular complexity index is 606. The van der Waals surface area contributed by atoms with Crippen LogP contribution in [-0.2, 0) is 11.3 Å². The van der Waals surface area contributed by atoms with Gasteiger partial charge in [-0.05, 0) is 18.1 Å². The summed E-state index contributed by atoms with van der Waals surface area (Å²) >= 11 is 0. The molecule has 6 heteroatoms. The van der Waals surface area contributed by atoms with E-state index in [1.54, 1.807) is 24.8 Å². The molecule has 6 nitrogen and oxygen atoms in total. The summed E-state index contributed by atoms with van der Waals surface area (Å²) in [5.74, 6) is 0.977. The van der Waals surface area contributed by atoms with Crippen LogP contribution >= 0.6 is 0 Å². The van der Waals surface area contributed by atoms with E-state index in [1.165, 1.54) is 0 Å². The molecule has 0 atom stereocenters. The van der Waals surface area contributed by atoms with E-state index in [0.717, 1.165) is 11.3 Å². The highest BCUT2D eigenvalue weighted by atomic mass is 16.1. The Morgan fingerprint density at radius 2 is 2.29 bits per heavy atom. The number of carbonyl (C=O) groups excluding carboxylic acids is 1. The quantitative estimate of drug-likeness (QED) is 0.846. The van der Waals surface area contributed by atoms with Gasteiger partial charge in [0.15, 0.2) is 0 Å². The molecule has 0 saturated carbocycles. The molecule has 0 saturated heterocycles. The highest BCUT2D eigenvalue weighted by molar-refractivity contribution is 5.75. The number of hydrogen-bond acceptors (Lipinski definition) is 4. The maximum atomic E-state index is 11.8. The van der Waals surface area contributed by atoms with Crippen LogP contribution in [0, 0.1) is 5.92 Å². The number of nitrogens with one attached hydrogen (secondary N) is 1. The third kappa shape index (κ3) is 4.30. The largest absolute Gasteiger partial charge is 0.384 e. The summed E-state index contributed by atoms with van der Waals surface area (Å²) in [6.45, 7) is 5.43. The fourth-order valence-corrected chi connectivity index (χ4v) is 1.98. The average Bonchev–Trinajstić information content (AvgIpc) is 2.91. The minimum atomic E-state index is 0.0533. The van der Waals surface area contributed by atoms with E-state index < -0.39 is 0 Å². The Kier molecular flexibility index (Phi) is 4.92. The molecule has 0 aliphatic rings. The normalized spacial score (nSPS) is 10.8. The summed E-state index contributed by atoms with van der Waals surface area (Å²) in [6, 6.07) is 3.68. The maximum Gasteiger partial charge on any atom is 0.221 e. The Morgan fingerprint density at radius 3 is 3.00 bits per heavy atom. The molecule has 2 aromatic heterocycles. The molecular formula is C15H21N5O. The number of pyridine rings is 1. The van der Waals surface area contributed by atoms with Crippen molar-refractivity contribution in [2.45, 2.75) is 26.8 Å². The van der Waals surface area contributed by atoms with Gasteiger partial charge in [-0.25, -0.2) is 9.97 Å². The second-order valence-corrected chi connectivity index (χ2v) is 5.39. The van der Waals surface area contributed by atoms with Gasteiger partial charge in [0.25, 0.3) is 0 Å². The van der Waals surface area contributed by atoms with Crippen LogP contribution in [0.25, 0.3) is 11.3 Å². The number of hydrogen-bond donors (Lipinski definition) is 2. The van der Waals surface area contributed by atoms with Gasteiger partial charge in [0.1, 0.15) is 5.82 Å². The van der Waals surface area contributed by atoms with Crippen molar-refractivity contribution in [3.8, 4) is 11.3 Å². The van der Waals surface area contributed by atoms with Crippen molar-refractivity contribution in [2.75, 3.05) is 12.3 Å². The number of aromatic nitrogens is 3. The van der Waals surface area contributed by atoms with Crippen LogP contribution in [0.15, 0.2) is 30.9 Å². The van der Waals surface area contributed by atoms with Gasteiger partial charge >= 0.3 is 0 Å². The number of imidazole rings is 1. The van der Waals surface area contributed by atoms with Crippen molar-refractivity contribution in [1.82, 2.24) is 19.9 Å². The van der Waals surface area contributed by atoms with E-state index in [1.807, 2.05) is 10.6 Å². The first-order valence-corrected chi connectivity index (χ1v) is 7.05. The van der Waals surface area contributed by atoms with Gasteiger partial charge in [-0.2, -0.15) is 0 Å². The Labute approximate surface area is 124 Å². The number of carbonyl (C=O) groups is 1. The van der Waals surface area contributed by atoms with Crippen LogP contribution in [0.2, 0.25) is 0 Å². The van der Waals surface area contributed by atoms with E-state index in [0.29, 0.717) is 31.2 Å². The van der Waals surface area contributed by atoms with Crippen LogP contribution in [0.1, 0.15) is 20.3 Å². The van der Waals surface area contributed by atoms with E-state index in [9.17, 15) is 4.79 Å². The average molecular weight is 287 g/mol. The molecule has 112 valence electrons. The lowest BCUT2D eigenvalue weighted by Crippen LogP contribution is -2.28. The summed E-state index contributed by atoms with van der Waals surface area (Å²) in [5.41, 5.74) is 7.58. The maximum absolute atomic E-state index is 11.8. The molecule has 2 rings (SSSR count). The lowest BCUT2D eigenvalue weighted by molar-refractivity contribution is -0.121. The number of rotatable bonds is 6. The third-order valence-corrected chi connectivity index (χ3v) is 3.08. The molecule has 2 aromatic rings. The van der Waals surface area contributed by atoms with Gasteiger partial charge in [-0.15, -0.1) is 0 Å². The predicted molar refractivity (Wildman–Crippen MR) is 82.3 cm³/mol. The number of aryl methyl sites for hydroxylation is 1. The highest BCUT2D eigenvalue weighted by Crippen LogP contribution is 2.20. The van der Waals surface area contributed by atoms with Crippen molar-refractivity contribution in [2.24, 2.45) is 5.92 Å². The fourth-order valence-electron chi connectivity index (χ4n) is 1.98. The molecule has 0 aliphatic heterocycles. The second kappa shape index (κ2) is 6.88. The Morgan fingerprint density at radius 1 is 1.48 bits per heavy atom. The lowest BCUT2D eigenvalue weighted by Gasteiger charge is -2.10. The van der Waals surface area contributed by atoms with Gasteiger partial charge in [0.2, 0.25) is 5.91 Å². The van der Waals surface area contributed by atoms with E-state index >= 15 is 0 Å². The van der Waals surface area contributed by atoms with Crippen molar-refractivity contribution in [3.63, 3.8) is 0 Å². The van der Waals surface area contributed by atoms with Crippen LogP contribution in [0.3, 0.4) is 0 Å². The van der Waals surface area contributed by atoms with Gasteiger partial charge in [0, 0.05) is 31.3 Å². The molecule has 21 heavy (non-hydrogen) atoms. The first-order valence-electron chi connectivity index (χ1n) is 7.05. The molecule has 3 N–H and O–H groups in total. The molecule has 0 radical (unpaired) electrons. The van der Waals surface area contributed by atoms with E-state index in [4.69, 9.17) is 5.73 Å². The zero-order valence-corrected chi connectivity index (χ0v) is 12.4. The Hall–Kier alpha value is -2.37. The molecule has 0 unspecified atom stereocenters. The minimum absolute atomic E-state index is 0.0533. The smallest absolute Gasteiger partial charge is 0.221 e. The van der Waals surface area contributed by atoms with Crippen molar-refractivity contribution < 1.29 is 4.79 Å². The lowest BCUT2D eigenvalue weighted by atomic mass is 10.2. The molecule has 1 amide bonds. The first-order chi connectivity index (χ1) is 10.1. The molecule has 0 spiro atoms. The first kappa shape index (κ1) is 15.0. The third-order valence-electron chi connectivity index (χ3n) is 3.08. The second-order valence-electron chi connectivity index (χ2n) is 5.39. The van der Waals surface area contributed by atoms with Crippen LogP contribution in [-0.4, -0.2) is 27.0 Å². The standard InChI is InChI=1S/C15H21N5O/c1-11(2)8-19-15(21)4-6-20-10-17-9-13(20)12-3-5-18-14(16)7-12/h3,5,7,9-11H,4,6,8H2,1-2H3,(H2,16,18)(H,19,21).